The van der Waals surface area contributed by atoms with E-state index in [4.69, 9.17) is 19.7 Å². The van der Waals surface area contributed by atoms with Crippen LogP contribution in [0.25, 0.3) is 11.3 Å². The maximum atomic E-state index is 11.8. The molecule has 1 aromatic heterocycles. The van der Waals surface area contributed by atoms with Crippen LogP contribution in [0.15, 0.2) is 28.8 Å². The van der Waals surface area contributed by atoms with Gasteiger partial charge in [0.15, 0.2) is 0 Å². The van der Waals surface area contributed by atoms with E-state index in [9.17, 15) is 4.79 Å². The molecule has 0 fully saturated rings. The second-order valence-corrected chi connectivity index (χ2v) is 5.66. The molecule has 2 rings (SSSR count). The third-order valence-electron chi connectivity index (χ3n) is 2.65. The Balaban J connectivity index is 2.26. The number of methoxy groups -OCH3 is 1. The Labute approximate surface area is 128 Å². The number of carbonyl (C=O) groups is 1. The first-order valence-corrected chi connectivity index (χ1v) is 6.69. The summed E-state index contributed by atoms with van der Waals surface area (Å²) in [6.45, 7) is 5.39. The average molecular weight is 305 g/mol. The van der Waals surface area contributed by atoms with Crippen molar-refractivity contribution in [3.63, 3.8) is 0 Å². The van der Waals surface area contributed by atoms with Gasteiger partial charge < -0.3 is 19.7 Å². The van der Waals surface area contributed by atoms with Gasteiger partial charge in [-0.2, -0.15) is 0 Å². The smallest absolute Gasteiger partial charge is 0.412 e. The summed E-state index contributed by atoms with van der Waals surface area (Å²) in [6.07, 6.45) is -0.539. The van der Waals surface area contributed by atoms with Crippen LogP contribution in [-0.4, -0.2) is 24.0 Å². The van der Waals surface area contributed by atoms with Crippen molar-refractivity contribution < 1.29 is 18.8 Å². The molecule has 7 nitrogen and oxygen atoms in total. The van der Waals surface area contributed by atoms with Gasteiger partial charge in [0.25, 0.3) is 0 Å². The Hall–Kier alpha value is -2.70. The zero-order chi connectivity index (χ0) is 16.3. The van der Waals surface area contributed by atoms with Crippen LogP contribution < -0.4 is 15.8 Å². The van der Waals surface area contributed by atoms with Crippen LogP contribution in [0, 0.1) is 0 Å². The number of carbonyl (C=O) groups excluding carboxylic acids is 1. The molecular formula is C15H19N3O4. The van der Waals surface area contributed by atoms with Gasteiger partial charge in [-0.3, -0.25) is 5.32 Å². The van der Waals surface area contributed by atoms with Crippen molar-refractivity contribution in [3.8, 4) is 17.0 Å². The monoisotopic (exact) mass is 305 g/mol. The van der Waals surface area contributed by atoms with Crippen molar-refractivity contribution in [1.29, 1.82) is 0 Å². The molecule has 0 bridgehead atoms. The molecule has 0 aliphatic heterocycles. The summed E-state index contributed by atoms with van der Waals surface area (Å²) in [6, 6.07) is 6.71. The van der Waals surface area contributed by atoms with E-state index in [1.165, 1.54) is 0 Å². The second-order valence-electron chi connectivity index (χ2n) is 5.66. The van der Waals surface area contributed by atoms with E-state index in [1.807, 2.05) is 0 Å². The summed E-state index contributed by atoms with van der Waals surface area (Å²) in [7, 11) is 1.54. The highest BCUT2D eigenvalue weighted by Gasteiger charge is 2.17. The van der Waals surface area contributed by atoms with Crippen molar-refractivity contribution in [3.05, 3.63) is 24.3 Å². The van der Waals surface area contributed by atoms with Gasteiger partial charge in [0, 0.05) is 17.3 Å². The van der Waals surface area contributed by atoms with Gasteiger partial charge in [-0.25, -0.2) is 4.79 Å². The first-order chi connectivity index (χ1) is 10.3. The molecule has 0 unspecified atom stereocenters. The van der Waals surface area contributed by atoms with Crippen molar-refractivity contribution in [1.82, 2.24) is 5.16 Å². The molecule has 118 valence electrons. The second kappa shape index (κ2) is 5.97. The normalized spacial score (nSPS) is 11.1. The number of nitrogen functional groups attached to an aromatic ring is 1. The molecule has 0 aliphatic carbocycles. The van der Waals surface area contributed by atoms with Crippen LogP contribution >= 0.6 is 0 Å². The predicted octanol–water partition coefficient (Wildman–Crippen LogP) is 3.28. The number of nitrogens with zero attached hydrogens (tertiary/aromatic N) is 1. The van der Waals surface area contributed by atoms with Crippen LogP contribution in [0.1, 0.15) is 20.8 Å². The Morgan fingerprint density at radius 3 is 2.59 bits per heavy atom. The number of rotatable bonds is 3. The molecule has 1 aromatic carbocycles. The van der Waals surface area contributed by atoms with Gasteiger partial charge in [-0.1, -0.05) is 5.16 Å². The lowest BCUT2D eigenvalue weighted by atomic mass is 10.1. The van der Waals surface area contributed by atoms with Crippen LogP contribution in [0.2, 0.25) is 0 Å². The molecule has 1 amide bonds. The minimum Gasteiger partial charge on any atom is -0.496 e. The number of hydrogen-bond acceptors (Lipinski definition) is 6. The lowest BCUT2D eigenvalue weighted by Gasteiger charge is -2.20. The average Bonchev–Trinajstić information content (AvgIpc) is 2.83. The van der Waals surface area contributed by atoms with Gasteiger partial charge in [0.05, 0.1) is 7.11 Å². The summed E-state index contributed by atoms with van der Waals surface area (Å²) in [5.41, 5.74) is 6.68. The third-order valence-corrected chi connectivity index (χ3v) is 2.65. The summed E-state index contributed by atoms with van der Waals surface area (Å²) in [5.74, 6) is 0.783. The number of benzene rings is 1. The molecule has 2 aromatic rings. The number of aromatic nitrogens is 1. The van der Waals surface area contributed by atoms with Crippen LogP contribution in [0.5, 0.6) is 5.75 Å². The highest BCUT2D eigenvalue weighted by molar-refractivity contribution is 5.87. The fraction of sp³-hybridized carbons (Fsp3) is 0.333. The molecular weight excluding hydrogens is 286 g/mol. The lowest BCUT2D eigenvalue weighted by molar-refractivity contribution is 0.0636. The lowest BCUT2D eigenvalue weighted by Crippen LogP contribution is -2.27. The van der Waals surface area contributed by atoms with Gasteiger partial charge in [-0.15, -0.1) is 0 Å². The Bertz CT molecular complexity index is 674. The maximum absolute atomic E-state index is 11.8. The first kappa shape index (κ1) is 15.7. The van der Waals surface area contributed by atoms with Crippen molar-refractivity contribution in [2.75, 3.05) is 18.2 Å². The van der Waals surface area contributed by atoms with E-state index in [0.717, 1.165) is 0 Å². The van der Waals surface area contributed by atoms with Crippen molar-refractivity contribution in [2.45, 2.75) is 26.4 Å². The number of hydrogen-bond donors (Lipinski definition) is 2. The Kier molecular flexibility index (Phi) is 4.25. The van der Waals surface area contributed by atoms with Crippen molar-refractivity contribution in [2.24, 2.45) is 0 Å². The van der Waals surface area contributed by atoms with Gasteiger partial charge in [-0.05, 0) is 39.0 Å². The van der Waals surface area contributed by atoms with E-state index < -0.39 is 11.7 Å². The maximum Gasteiger partial charge on any atom is 0.412 e. The minimum absolute atomic E-state index is 0.197. The number of amides is 1. The molecule has 0 saturated heterocycles. The molecule has 0 atom stereocenters. The number of nitrogens with one attached hydrogen (secondary N) is 1. The minimum atomic E-state index is -0.569. The highest BCUT2D eigenvalue weighted by Crippen LogP contribution is 2.32. The van der Waals surface area contributed by atoms with Gasteiger partial charge in [0.2, 0.25) is 5.88 Å². The molecule has 0 radical (unpaired) electrons. The Morgan fingerprint density at radius 2 is 2.05 bits per heavy atom. The van der Waals surface area contributed by atoms with Crippen LogP contribution in [0.3, 0.4) is 0 Å². The van der Waals surface area contributed by atoms with Crippen LogP contribution in [-0.2, 0) is 4.74 Å². The SMILES string of the molecule is COc1ccc(NC(=O)OC(C)(C)C)cc1-c1cc(N)on1. The van der Waals surface area contributed by atoms with E-state index in [2.05, 4.69) is 10.5 Å². The standard InChI is InChI=1S/C15H19N3O4/c1-15(2,3)21-14(19)17-9-5-6-12(20-4)10(7-9)11-8-13(16)22-18-11/h5-8H,16H2,1-4H3,(H,17,19). The topological polar surface area (TPSA) is 99.6 Å². The van der Waals surface area contributed by atoms with E-state index in [1.54, 1.807) is 52.1 Å². The summed E-state index contributed by atoms with van der Waals surface area (Å²) in [5, 5.41) is 6.51. The van der Waals surface area contributed by atoms with E-state index >= 15 is 0 Å². The Morgan fingerprint density at radius 1 is 1.32 bits per heavy atom. The first-order valence-electron chi connectivity index (χ1n) is 6.69. The van der Waals surface area contributed by atoms with Crippen LogP contribution in [0.4, 0.5) is 16.4 Å². The fourth-order valence-electron chi connectivity index (χ4n) is 1.82. The molecule has 0 aliphatic rings. The zero-order valence-corrected chi connectivity index (χ0v) is 13.0. The molecule has 1 heterocycles. The van der Waals surface area contributed by atoms with Gasteiger partial charge in [0.1, 0.15) is 17.0 Å². The molecule has 0 spiro atoms. The quantitative estimate of drug-likeness (QED) is 0.902. The number of nitrogens with two attached hydrogens (primary N) is 1. The number of anilines is 2. The van der Waals surface area contributed by atoms with E-state index in [-0.39, 0.29) is 5.88 Å². The highest BCUT2D eigenvalue weighted by atomic mass is 16.6. The largest absolute Gasteiger partial charge is 0.496 e. The van der Waals surface area contributed by atoms with Gasteiger partial charge >= 0.3 is 6.09 Å². The summed E-state index contributed by atoms with van der Waals surface area (Å²) < 4.78 is 15.4. The summed E-state index contributed by atoms with van der Waals surface area (Å²) >= 11 is 0. The zero-order valence-electron chi connectivity index (χ0n) is 13.0. The third kappa shape index (κ3) is 3.91. The summed E-state index contributed by atoms with van der Waals surface area (Å²) in [4.78, 5) is 11.8. The van der Waals surface area contributed by atoms with Crippen molar-refractivity contribution >= 4 is 17.7 Å². The predicted molar refractivity (Wildman–Crippen MR) is 82.8 cm³/mol. The molecule has 3 N–H and O–H groups in total. The fourth-order valence-corrected chi connectivity index (χ4v) is 1.82. The van der Waals surface area contributed by atoms with E-state index in [0.29, 0.717) is 22.7 Å². The molecule has 7 heteroatoms. The number of ether oxygens (including phenoxy) is 2. The molecule has 0 saturated carbocycles. The molecule has 22 heavy (non-hydrogen) atoms.